The lowest BCUT2D eigenvalue weighted by atomic mass is 10.1. The number of anilines is 1. The number of aromatic nitrogens is 3. The van der Waals surface area contributed by atoms with Crippen LogP contribution >= 0.6 is 11.6 Å². The molecule has 138 valence electrons. The van der Waals surface area contributed by atoms with Crippen molar-refractivity contribution in [3.63, 3.8) is 0 Å². The molecule has 1 N–H and O–H groups in total. The number of rotatable bonds is 5. The zero-order chi connectivity index (χ0) is 18.9. The minimum absolute atomic E-state index is 0.188. The van der Waals surface area contributed by atoms with Crippen molar-refractivity contribution in [3.8, 4) is 5.69 Å². The molecule has 0 unspecified atom stereocenters. The van der Waals surface area contributed by atoms with E-state index in [9.17, 15) is 13.2 Å². The number of carbonyl (C=O) groups is 1. The van der Waals surface area contributed by atoms with Crippen molar-refractivity contribution in [2.24, 2.45) is 5.92 Å². The Hall–Kier alpha value is -2.23. The second-order valence-corrected chi connectivity index (χ2v) is 8.22. The highest BCUT2D eigenvalue weighted by molar-refractivity contribution is 7.88. The van der Waals surface area contributed by atoms with Crippen LogP contribution in [-0.2, 0) is 14.8 Å². The molecule has 1 aliphatic carbocycles. The smallest absolute Gasteiger partial charge is 0.233 e. The van der Waals surface area contributed by atoms with E-state index in [-0.39, 0.29) is 17.1 Å². The van der Waals surface area contributed by atoms with E-state index in [1.165, 1.54) is 4.90 Å². The number of sulfonamides is 1. The average Bonchev–Trinajstić information content (AvgIpc) is 3.19. The topological polar surface area (TPSA) is 97.2 Å². The lowest BCUT2D eigenvalue weighted by Crippen LogP contribution is -2.35. The van der Waals surface area contributed by atoms with Gasteiger partial charge < -0.3 is 4.90 Å². The summed E-state index contributed by atoms with van der Waals surface area (Å²) >= 11 is 6.20. The van der Waals surface area contributed by atoms with Gasteiger partial charge in [-0.15, -0.1) is 0 Å². The van der Waals surface area contributed by atoms with E-state index in [2.05, 4.69) is 14.8 Å². The number of nitrogens with zero attached hydrogens (tertiary/aromatic N) is 4. The van der Waals surface area contributed by atoms with E-state index in [0.717, 1.165) is 11.9 Å². The second-order valence-electron chi connectivity index (χ2n) is 6.08. The third-order valence-corrected chi connectivity index (χ3v) is 5.02. The van der Waals surface area contributed by atoms with E-state index in [1.54, 1.807) is 48.5 Å². The summed E-state index contributed by atoms with van der Waals surface area (Å²) in [7, 11) is -1.71. The van der Waals surface area contributed by atoms with Crippen molar-refractivity contribution in [1.82, 2.24) is 19.5 Å². The summed E-state index contributed by atoms with van der Waals surface area (Å²) in [6.45, 7) is 0. The molecule has 0 aromatic carbocycles. The van der Waals surface area contributed by atoms with E-state index in [0.29, 0.717) is 12.1 Å². The summed E-state index contributed by atoms with van der Waals surface area (Å²) in [6, 6.07) is 3.21. The van der Waals surface area contributed by atoms with Crippen LogP contribution in [0.3, 0.4) is 0 Å². The van der Waals surface area contributed by atoms with Gasteiger partial charge in [-0.05, 0) is 18.6 Å². The van der Waals surface area contributed by atoms with Gasteiger partial charge in [0.15, 0.2) is 5.15 Å². The normalized spacial score (nSPS) is 19.7. The summed E-state index contributed by atoms with van der Waals surface area (Å²) in [5, 5.41) is 4.41. The van der Waals surface area contributed by atoms with Crippen LogP contribution < -0.4 is 9.62 Å². The Bertz CT molecular complexity index is 942. The molecule has 8 nitrogen and oxygen atoms in total. The molecule has 0 fully saturated rings. The first-order valence-corrected chi connectivity index (χ1v) is 10.1. The molecule has 1 amide bonds. The number of carbonyl (C=O) groups excluding carboxylic acids is 1. The van der Waals surface area contributed by atoms with Gasteiger partial charge in [0.1, 0.15) is 5.69 Å². The first kappa shape index (κ1) is 18.6. The number of halogens is 1. The van der Waals surface area contributed by atoms with Crippen molar-refractivity contribution >= 4 is 33.2 Å². The van der Waals surface area contributed by atoms with Crippen LogP contribution in [0.25, 0.3) is 5.69 Å². The Balaban J connectivity index is 1.74. The quantitative estimate of drug-likeness (QED) is 0.771. The van der Waals surface area contributed by atoms with Gasteiger partial charge in [-0.25, -0.2) is 17.8 Å². The zero-order valence-corrected chi connectivity index (χ0v) is 15.8. The second kappa shape index (κ2) is 7.18. The first-order valence-electron chi connectivity index (χ1n) is 7.83. The Morgan fingerprint density at radius 3 is 2.85 bits per heavy atom. The summed E-state index contributed by atoms with van der Waals surface area (Å²) in [5.74, 6) is -0.622. The SMILES string of the molecule is CN(C(=O)[C@H]1C=C[C@@H](NS(C)(=O)=O)C1)c1cn(-c2cccnc2)nc1Cl. The van der Waals surface area contributed by atoms with Crippen LogP contribution in [0.15, 0.2) is 42.9 Å². The summed E-state index contributed by atoms with van der Waals surface area (Å²) in [5.41, 5.74) is 1.19. The van der Waals surface area contributed by atoms with E-state index < -0.39 is 15.9 Å². The van der Waals surface area contributed by atoms with Gasteiger partial charge in [0.2, 0.25) is 15.9 Å². The molecule has 0 saturated heterocycles. The van der Waals surface area contributed by atoms with Crippen molar-refractivity contribution in [3.05, 3.63) is 48.0 Å². The molecule has 1 aliphatic rings. The van der Waals surface area contributed by atoms with Crippen LogP contribution in [0.2, 0.25) is 5.15 Å². The van der Waals surface area contributed by atoms with Gasteiger partial charge in [0, 0.05) is 19.3 Å². The molecule has 0 spiro atoms. The zero-order valence-electron chi connectivity index (χ0n) is 14.2. The molecular formula is C16H18ClN5O3S. The van der Waals surface area contributed by atoms with Gasteiger partial charge in [0.05, 0.1) is 30.3 Å². The third kappa shape index (κ3) is 4.12. The van der Waals surface area contributed by atoms with Crippen LogP contribution in [0.1, 0.15) is 6.42 Å². The maximum atomic E-state index is 12.7. The van der Waals surface area contributed by atoms with Crippen molar-refractivity contribution < 1.29 is 13.2 Å². The van der Waals surface area contributed by atoms with E-state index in [1.807, 2.05) is 6.07 Å². The lowest BCUT2D eigenvalue weighted by Gasteiger charge is -2.20. The number of pyridine rings is 1. The van der Waals surface area contributed by atoms with E-state index >= 15 is 0 Å². The fourth-order valence-corrected chi connectivity index (χ4v) is 3.78. The fraction of sp³-hybridized carbons (Fsp3) is 0.312. The maximum Gasteiger partial charge on any atom is 0.233 e. The lowest BCUT2D eigenvalue weighted by molar-refractivity contribution is -0.120. The van der Waals surface area contributed by atoms with Gasteiger partial charge in [-0.3, -0.25) is 9.78 Å². The average molecular weight is 396 g/mol. The monoisotopic (exact) mass is 395 g/mol. The molecule has 2 aromatic rings. The van der Waals surface area contributed by atoms with Crippen LogP contribution in [0, 0.1) is 5.92 Å². The number of hydrogen-bond donors (Lipinski definition) is 1. The van der Waals surface area contributed by atoms with Crippen LogP contribution in [0.4, 0.5) is 5.69 Å². The number of hydrogen-bond acceptors (Lipinski definition) is 5. The van der Waals surface area contributed by atoms with Gasteiger partial charge in [-0.2, -0.15) is 5.10 Å². The highest BCUT2D eigenvalue weighted by Gasteiger charge is 2.30. The van der Waals surface area contributed by atoms with Crippen LogP contribution in [-0.4, -0.2) is 48.4 Å². The Morgan fingerprint density at radius 2 is 2.19 bits per heavy atom. The molecule has 0 aliphatic heterocycles. The van der Waals surface area contributed by atoms with Crippen molar-refractivity contribution in [2.75, 3.05) is 18.2 Å². The summed E-state index contributed by atoms with van der Waals surface area (Å²) in [4.78, 5) is 18.2. The maximum absolute atomic E-state index is 12.7. The molecule has 2 heterocycles. The highest BCUT2D eigenvalue weighted by Crippen LogP contribution is 2.28. The first-order chi connectivity index (χ1) is 12.2. The molecule has 10 heteroatoms. The van der Waals surface area contributed by atoms with Gasteiger partial charge in [0.25, 0.3) is 0 Å². The Kier molecular flexibility index (Phi) is 5.12. The Labute approximate surface area is 156 Å². The molecule has 2 aromatic heterocycles. The fourth-order valence-electron chi connectivity index (χ4n) is 2.80. The number of nitrogens with one attached hydrogen (secondary N) is 1. The molecular weight excluding hydrogens is 378 g/mol. The van der Waals surface area contributed by atoms with Crippen molar-refractivity contribution in [2.45, 2.75) is 12.5 Å². The van der Waals surface area contributed by atoms with E-state index in [4.69, 9.17) is 11.6 Å². The third-order valence-electron chi connectivity index (χ3n) is 4.02. The number of amides is 1. The molecule has 26 heavy (non-hydrogen) atoms. The predicted octanol–water partition coefficient (Wildman–Crippen LogP) is 1.38. The highest BCUT2D eigenvalue weighted by atomic mass is 35.5. The summed E-state index contributed by atoms with van der Waals surface area (Å²) in [6.07, 6.45) is 9.80. The van der Waals surface area contributed by atoms with Gasteiger partial charge in [-0.1, -0.05) is 23.8 Å². The van der Waals surface area contributed by atoms with Crippen molar-refractivity contribution in [1.29, 1.82) is 0 Å². The molecule has 0 saturated carbocycles. The molecule has 2 atom stereocenters. The minimum Gasteiger partial charge on any atom is -0.311 e. The molecule has 0 bridgehead atoms. The standard InChI is InChI=1S/C16H18ClN5O3S/c1-21(16(23)11-5-6-12(8-11)20-26(2,24)25)14-10-22(19-15(14)17)13-4-3-7-18-9-13/h3-7,9-12,20H,8H2,1-2H3/t11-,12+/m0/s1. The molecule has 0 radical (unpaired) electrons. The predicted molar refractivity (Wildman–Crippen MR) is 98.8 cm³/mol. The Morgan fingerprint density at radius 1 is 1.42 bits per heavy atom. The minimum atomic E-state index is -3.33. The largest absolute Gasteiger partial charge is 0.311 e. The summed E-state index contributed by atoms with van der Waals surface area (Å²) < 4.78 is 26.7. The van der Waals surface area contributed by atoms with Gasteiger partial charge >= 0.3 is 0 Å². The van der Waals surface area contributed by atoms with Crippen LogP contribution in [0.5, 0.6) is 0 Å². The molecule has 3 rings (SSSR count).